The standard InChI is InChI=1S/C25H26FN3O3S/c1-4-10-28(24(30)18-12-21(31-2)14-22(13-18)32-3)11-9-20-16-33-25-27-23(15-29(20)25)17-5-7-19(26)8-6-17/h5-8,12-16H,4,9-11H2,1-3H3. The smallest absolute Gasteiger partial charge is 0.254 e. The maximum Gasteiger partial charge on any atom is 0.254 e. The Morgan fingerprint density at radius 3 is 2.42 bits per heavy atom. The highest BCUT2D eigenvalue weighted by Crippen LogP contribution is 2.26. The van der Waals surface area contributed by atoms with Crippen LogP contribution in [0, 0.1) is 5.82 Å². The molecule has 0 aliphatic rings. The summed E-state index contributed by atoms with van der Waals surface area (Å²) in [5.41, 5.74) is 3.28. The summed E-state index contributed by atoms with van der Waals surface area (Å²) in [5, 5.41) is 2.07. The zero-order valence-electron chi connectivity index (χ0n) is 18.9. The number of aromatic nitrogens is 2. The van der Waals surface area contributed by atoms with Crippen molar-refractivity contribution in [1.29, 1.82) is 0 Å². The number of carbonyl (C=O) groups is 1. The van der Waals surface area contributed by atoms with Gasteiger partial charge in [-0.1, -0.05) is 6.92 Å². The van der Waals surface area contributed by atoms with Crippen LogP contribution < -0.4 is 9.47 Å². The van der Waals surface area contributed by atoms with Crippen molar-refractivity contribution >= 4 is 22.2 Å². The Hall–Kier alpha value is -3.39. The fourth-order valence-electron chi connectivity index (χ4n) is 3.72. The third-order valence-electron chi connectivity index (χ3n) is 5.44. The number of amides is 1. The van der Waals surface area contributed by atoms with E-state index in [4.69, 9.17) is 9.47 Å². The molecule has 1 amide bonds. The minimum Gasteiger partial charge on any atom is -0.497 e. The molecule has 0 N–H and O–H groups in total. The first-order valence-corrected chi connectivity index (χ1v) is 11.6. The molecule has 6 nitrogen and oxygen atoms in total. The van der Waals surface area contributed by atoms with Gasteiger partial charge in [0, 0.05) is 54.0 Å². The van der Waals surface area contributed by atoms with E-state index >= 15 is 0 Å². The number of fused-ring (bicyclic) bond motifs is 1. The molecule has 0 spiro atoms. The average molecular weight is 468 g/mol. The quantitative estimate of drug-likeness (QED) is 0.335. The molecule has 0 fully saturated rings. The molecular weight excluding hydrogens is 441 g/mol. The molecular formula is C25H26FN3O3S. The number of hydrogen-bond donors (Lipinski definition) is 0. The number of carbonyl (C=O) groups excluding carboxylic acids is 1. The highest BCUT2D eigenvalue weighted by Gasteiger charge is 2.18. The van der Waals surface area contributed by atoms with E-state index in [-0.39, 0.29) is 11.7 Å². The van der Waals surface area contributed by atoms with Crippen molar-refractivity contribution in [2.45, 2.75) is 19.8 Å². The number of benzene rings is 2. The van der Waals surface area contributed by atoms with Crippen molar-refractivity contribution in [2.75, 3.05) is 27.3 Å². The first-order chi connectivity index (χ1) is 16.0. The molecule has 0 atom stereocenters. The predicted octanol–water partition coefficient (Wildman–Crippen LogP) is 5.31. The van der Waals surface area contributed by atoms with Crippen LogP contribution in [-0.4, -0.2) is 47.5 Å². The summed E-state index contributed by atoms with van der Waals surface area (Å²) in [6.45, 7) is 3.28. The Morgan fingerprint density at radius 1 is 1.09 bits per heavy atom. The average Bonchev–Trinajstić information content (AvgIpc) is 3.42. The van der Waals surface area contributed by atoms with Crippen LogP contribution in [0.4, 0.5) is 4.39 Å². The number of thiazole rings is 1. The number of nitrogens with zero attached hydrogens (tertiary/aromatic N) is 3. The largest absolute Gasteiger partial charge is 0.497 e. The molecule has 172 valence electrons. The van der Waals surface area contributed by atoms with Crippen LogP contribution in [0.15, 0.2) is 54.0 Å². The molecule has 2 aromatic heterocycles. The lowest BCUT2D eigenvalue weighted by atomic mass is 10.1. The number of methoxy groups -OCH3 is 2. The van der Waals surface area contributed by atoms with Gasteiger partial charge in [0.25, 0.3) is 5.91 Å². The summed E-state index contributed by atoms with van der Waals surface area (Å²) in [7, 11) is 3.14. The molecule has 2 aromatic carbocycles. The molecule has 2 heterocycles. The van der Waals surface area contributed by atoms with Gasteiger partial charge >= 0.3 is 0 Å². The van der Waals surface area contributed by atoms with Crippen LogP contribution in [-0.2, 0) is 6.42 Å². The first kappa shape index (κ1) is 22.8. The molecule has 0 saturated heterocycles. The minimum absolute atomic E-state index is 0.0573. The Kier molecular flexibility index (Phi) is 6.93. The summed E-state index contributed by atoms with van der Waals surface area (Å²) in [5.74, 6) is 0.841. The van der Waals surface area contributed by atoms with Crippen molar-refractivity contribution in [3.05, 3.63) is 71.1 Å². The van der Waals surface area contributed by atoms with Crippen LogP contribution in [0.3, 0.4) is 0 Å². The van der Waals surface area contributed by atoms with Crippen LogP contribution in [0.25, 0.3) is 16.2 Å². The highest BCUT2D eigenvalue weighted by molar-refractivity contribution is 7.15. The van der Waals surface area contributed by atoms with E-state index in [1.807, 2.05) is 15.5 Å². The second kappa shape index (κ2) is 10.0. The van der Waals surface area contributed by atoms with Gasteiger partial charge in [0.05, 0.1) is 19.9 Å². The maximum atomic E-state index is 13.3. The summed E-state index contributed by atoms with van der Waals surface area (Å²) in [4.78, 5) is 20.7. The van der Waals surface area contributed by atoms with E-state index in [1.54, 1.807) is 55.9 Å². The third-order valence-corrected chi connectivity index (χ3v) is 6.33. The van der Waals surface area contributed by atoms with Gasteiger partial charge in [0.1, 0.15) is 17.3 Å². The minimum atomic E-state index is -0.269. The molecule has 0 saturated carbocycles. The van der Waals surface area contributed by atoms with Crippen molar-refractivity contribution in [3.63, 3.8) is 0 Å². The van der Waals surface area contributed by atoms with E-state index in [0.717, 1.165) is 28.3 Å². The Bertz CT molecular complexity index is 1230. The van der Waals surface area contributed by atoms with Gasteiger partial charge in [-0.2, -0.15) is 0 Å². The fraction of sp³-hybridized carbons (Fsp3) is 0.280. The van der Waals surface area contributed by atoms with Gasteiger partial charge < -0.3 is 14.4 Å². The lowest BCUT2D eigenvalue weighted by molar-refractivity contribution is 0.0756. The zero-order chi connectivity index (χ0) is 23.4. The van der Waals surface area contributed by atoms with Gasteiger partial charge in [-0.25, -0.2) is 9.37 Å². The number of halogens is 1. The van der Waals surface area contributed by atoms with E-state index in [0.29, 0.717) is 36.6 Å². The monoisotopic (exact) mass is 467 g/mol. The van der Waals surface area contributed by atoms with Gasteiger partial charge in [0.2, 0.25) is 0 Å². The summed E-state index contributed by atoms with van der Waals surface area (Å²) in [6, 6.07) is 11.6. The van der Waals surface area contributed by atoms with Gasteiger partial charge in [0.15, 0.2) is 4.96 Å². The van der Waals surface area contributed by atoms with E-state index < -0.39 is 0 Å². The number of rotatable bonds is 9. The molecule has 0 aliphatic heterocycles. The van der Waals surface area contributed by atoms with Gasteiger partial charge in [-0.05, 0) is 42.8 Å². The lowest BCUT2D eigenvalue weighted by Gasteiger charge is -2.22. The number of ether oxygens (including phenoxy) is 2. The molecule has 4 aromatic rings. The maximum absolute atomic E-state index is 13.3. The molecule has 0 bridgehead atoms. The van der Waals surface area contributed by atoms with Crippen molar-refractivity contribution < 1.29 is 18.7 Å². The van der Waals surface area contributed by atoms with Crippen molar-refractivity contribution in [3.8, 4) is 22.8 Å². The number of imidazole rings is 1. The van der Waals surface area contributed by atoms with E-state index in [9.17, 15) is 9.18 Å². The number of hydrogen-bond acceptors (Lipinski definition) is 5. The van der Waals surface area contributed by atoms with Crippen LogP contribution >= 0.6 is 11.3 Å². The highest BCUT2D eigenvalue weighted by atomic mass is 32.1. The second-order valence-corrected chi connectivity index (χ2v) is 8.49. The van der Waals surface area contributed by atoms with Crippen molar-refractivity contribution in [1.82, 2.24) is 14.3 Å². The molecule has 0 unspecified atom stereocenters. The lowest BCUT2D eigenvalue weighted by Crippen LogP contribution is -2.33. The van der Waals surface area contributed by atoms with Gasteiger partial charge in [-0.15, -0.1) is 11.3 Å². The predicted molar refractivity (Wildman–Crippen MR) is 128 cm³/mol. The SMILES string of the molecule is CCCN(CCc1csc2nc(-c3ccc(F)cc3)cn12)C(=O)c1cc(OC)cc(OC)c1. The molecule has 0 aliphatic carbocycles. The van der Waals surface area contributed by atoms with E-state index in [2.05, 4.69) is 17.3 Å². The molecule has 0 radical (unpaired) electrons. The first-order valence-electron chi connectivity index (χ1n) is 10.8. The molecule has 33 heavy (non-hydrogen) atoms. The molecule has 8 heteroatoms. The van der Waals surface area contributed by atoms with E-state index in [1.165, 1.54) is 12.1 Å². The fourth-order valence-corrected chi connectivity index (χ4v) is 4.62. The van der Waals surface area contributed by atoms with Crippen LogP contribution in [0.2, 0.25) is 0 Å². The van der Waals surface area contributed by atoms with Crippen LogP contribution in [0.5, 0.6) is 11.5 Å². The Balaban J connectivity index is 1.53. The second-order valence-electron chi connectivity index (χ2n) is 7.66. The normalized spacial score (nSPS) is 11.0. The topological polar surface area (TPSA) is 56.1 Å². The summed E-state index contributed by atoms with van der Waals surface area (Å²) < 4.78 is 25.9. The summed E-state index contributed by atoms with van der Waals surface area (Å²) >= 11 is 1.55. The summed E-state index contributed by atoms with van der Waals surface area (Å²) in [6.07, 6.45) is 3.51. The van der Waals surface area contributed by atoms with Crippen LogP contribution in [0.1, 0.15) is 29.4 Å². The zero-order valence-corrected chi connectivity index (χ0v) is 19.7. The Labute approximate surface area is 196 Å². The third kappa shape index (κ3) is 5.01. The van der Waals surface area contributed by atoms with Crippen molar-refractivity contribution in [2.24, 2.45) is 0 Å². The van der Waals surface area contributed by atoms with Gasteiger partial charge in [-0.3, -0.25) is 9.20 Å². The Morgan fingerprint density at radius 2 is 1.79 bits per heavy atom. The molecule has 4 rings (SSSR count).